The molecule has 1 aromatic carbocycles. The van der Waals surface area contributed by atoms with Crippen molar-refractivity contribution in [2.24, 2.45) is 5.92 Å². The lowest BCUT2D eigenvalue weighted by molar-refractivity contribution is -0.148. The minimum atomic E-state index is -0.0754. The fraction of sp³-hybridized carbons (Fsp3) is 0.588. The number of rotatable bonds is 3. The van der Waals surface area contributed by atoms with Gasteiger partial charge in [0.1, 0.15) is 0 Å². The van der Waals surface area contributed by atoms with Crippen LogP contribution in [0.3, 0.4) is 0 Å². The molecule has 0 spiro atoms. The third-order valence-corrected chi connectivity index (χ3v) is 5.78. The number of halogens is 1. The number of carbonyl (C=O) groups is 1. The van der Waals surface area contributed by atoms with Gasteiger partial charge in [0.2, 0.25) is 0 Å². The van der Waals surface area contributed by atoms with E-state index in [1.807, 2.05) is 0 Å². The lowest BCUT2D eigenvalue weighted by atomic mass is 9.77. The SMILES string of the molecule is CCc1ccc(C2CC3CCC(N3)C2C(=O)OC)cc1Br. The predicted octanol–water partition coefficient (Wildman–Crippen LogP) is 3.41. The fourth-order valence-electron chi connectivity index (χ4n) is 3.94. The maximum atomic E-state index is 12.3. The van der Waals surface area contributed by atoms with E-state index < -0.39 is 0 Å². The minimum absolute atomic E-state index is 0.0619. The molecule has 0 radical (unpaired) electrons. The van der Waals surface area contributed by atoms with Crippen molar-refractivity contribution in [3.8, 4) is 0 Å². The van der Waals surface area contributed by atoms with Gasteiger partial charge in [-0.1, -0.05) is 35.0 Å². The molecule has 4 atom stereocenters. The lowest BCUT2D eigenvalue weighted by Crippen LogP contribution is -2.48. The van der Waals surface area contributed by atoms with Crippen LogP contribution in [0.5, 0.6) is 0 Å². The zero-order valence-electron chi connectivity index (χ0n) is 12.6. The van der Waals surface area contributed by atoms with E-state index in [2.05, 4.69) is 46.4 Å². The van der Waals surface area contributed by atoms with Gasteiger partial charge in [-0.15, -0.1) is 0 Å². The summed E-state index contributed by atoms with van der Waals surface area (Å²) in [5.41, 5.74) is 2.57. The van der Waals surface area contributed by atoms with E-state index in [4.69, 9.17) is 4.74 Å². The van der Waals surface area contributed by atoms with Crippen molar-refractivity contribution in [3.63, 3.8) is 0 Å². The van der Waals surface area contributed by atoms with Gasteiger partial charge in [-0.25, -0.2) is 0 Å². The van der Waals surface area contributed by atoms with Crippen LogP contribution in [0.2, 0.25) is 0 Å². The lowest BCUT2D eigenvalue weighted by Gasteiger charge is -2.36. The number of benzene rings is 1. The van der Waals surface area contributed by atoms with Crippen molar-refractivity contribution >= 4 is 21.9 Å². The Hall–Kier alpha value is -0.870. The van der Waals surface area contributed by atoms with E-state index >= 15 is 0 Å². The van der Waals surface area contributed by atoms with Gasteiger partial charge in [0.25, 0.3) is 0 Å². The Morgan fingerprint density at radius 3 is 2.90 bits per heavy atom. The molecule has 1 aromatic rings. The molecule has 3 nitrogen and oxygen atoms in total. The topological polar surface area (TPSA) is 38.3 Å². The monoisotopic (exact) mass is 351 g/mol. The molecule has 2 bridgehead atoms. The Kier molecular flexibility index (Phi) is 4.36. The van der Waals surface area contributed by atoms with Gasteiger partial charge in [-0.05, 0) is 42.9 Å². The number of aryl methyl sites for hydroxylation is 1. The maximum absolute atomic E-state index is 12.3. The summed E-state index contributed by atoms with van der Waals surface area (Å²) in [5.74, 6) is 0.125. The van der Waals surface area contributed by atoms with Crippen LogP contribution in [-0.2, 0) is 16.0 Å². The number of ether oxygens (including phenoxy) is 1. The molecular weight excluding hydrogens is 330 g/mol. The number of methoxy groups -OCH3 is 1. The first kappa shape index (κ1) is 15.0. The van der Waals surface area contributed by atoms with E-state index in [1.165, 1.54) is 24.7 Å². The van der Waals surface area contributed by atoms with E-state index in [-0.39, 0.29) is 23.8 Å². The maximum Gasteiger partial charge on any atom is 0.310 e. The second kappa shape index (κ2) is 6.09. The molecule has 114 valence electrons. The van der Waals surface area contributed by atoms with Gasteiger partial charge in [0.05, 0.1) is 13.0 Å². The summed E-state index contributed by atoms with van der Waals surface area (Å²) in [6.45, 7) is 2.15. The summed E-state index contributed by atoms with van der Waals surface area (Å²) in [5, 5.41) is 3.58. The number of nitrogens with one attached hydrogen (secondary N) is 1. The molecule has 21 heavy (non-hydrogen) atoms. The fourth-order valence-corrected chi connectivity index (χ4v) is 4.62. The third-order valence-electron chi connectivity index (χ3n) is 5.04. The van der Waals surface area contributed by atoms with E-state index in [0.29, 0.717) is 6.04 Å². The quantitative estimate of drug-likeness (QED) is 0.848. The molecule has 2 fully saturated rings. The molecule has 0 amide bonds. The van der Waals surface area contributed by atoms with Gasteiger partial charge in [-0.3, -0.25) is 4.79 Å². The van der Waals surface area contributed by atoms with Crippen molar-refractivity contribution in [1.29, 1.82) is 0 Å². The van der Waals surface area contributed by atoms with Crippen LogP contribution in [-0.4, -0.2) is 25.2 Å². The van der Waals surface area contributed by atoms with Crippen molar-refractivity contribution in [2.75, 3.05) is 7.11 Å². The Balaban J connectivity index is 1.94. The molecule has 4 heteroatoms. The highest BCUT2D eigenvalue weighted by molar-refractivity contribution is 9.10. The van der Waals surface area contributed by atoms with Crippen LogP contribution in [0.25, 0.3) is 0 Å². The highest BCUT2D eigenvalue weighted by Crippen LogP contribution is 2.43. The van der Waals surface area contributed by atoms with E-state index in [0.717, 1.165) is 23.7 Å². The summed E-state index contributed by atoms with van der Waals surface area (Å²) >= 11 is 3.66. The molecule has 0 aromatic heterocycles. The first-order chi connectivity index (χ1) is 10.1. The highest BCUT2D eigenvalue weighted by Gasteiger charge is 2.46. The number of hydrogen-bond donors (Lipinski definition) is 1. The van der Waals surface area contributed by atoms with Crippen molar-refractivity contribution in [2.45, 2.75) is 50.6 Å². The van der Waals surface area contributed by atoms with Crippen molar-refractivity contribution in [3.05, 3.63) is 33.8 Å². The van der Waals surface area contributed by atoms with Crippen molar-refractivity contribution in [1.82, 2.24) is 5.32 Å². The minimum Gasteiger partial charge on any atom is -0.469 e. The third kappa shape index (κ3) is 2.76. The number of piperidine rings is 1. The second-order valence-electron chi connectivity index (χ2n) is 6.14. The van der Waals surface area contributed by atoms with E-state index in [9.17, 15) is 4.79 Å². The summed E-state index contributed by atoms with van der Waals surface area (Å²) in [4.78, 5) is 12.3. The molecule has 0 aliphatic carbocycles. The number of esters is 1. The number of fused-ring (bicyclic) bond motifs is 2. The molecule has 1 N–H and O–H groups in total. The van der Waals surface area contributed by atoms with E-state index in [1.54, 1.807) is 0 Å². The van der Waals surface area contributed by atoms with Crippen LogP contribution < -0.4 is 5.32 Å². The molecule has 2 aliphatic rings. The first-order valence-electron chi connectivity index (χ1n) is 7.76. The van der Waals surface area contributed by atoms with Crippen molar-refractivity contribution < 1.29 is 9.53 Å². The average Bonchev–Trinajstić information content (AvgIpc) is 2.87. The zero-order chi connectivity index (χ0) is 15.0. The summed E-state index contributed by atoms with van der Waals surface area (Å²) < 4.78 is 6.23. The Morgan fingerprint density at radius 1 is 1.43 bits per heavy atom. The van der Waals surface area contributed by atoms with Crippen LogP contribution in [0.1, 0.15) is 43.2 Å². The molecule has 4 unspecified atom stereocenters. The van der Waals surface area contributed by atoms with Gasteiger partial charge < -0.3 is 10.1 Å². The Bertz CT molecular complexity index is 546. The average molecular weight is 352 g/mol. The number of carbonyl (C=O) groups excluding carboxylic acids is 1. The standard InChI is InChI=1S/C17H22BrNO2/c1-3-10-4-5-11(8-14(10)18)13-9-12-6-7-15(19-12)16(13)17(20)21-2/h4-5,8,12-13,15-16,19H,3,6-7,9H2,1-2H3. The van der Waals surface area contributed by atoms with Crippen LogP contribution in [0.15, 0.2) is 22.7 Å². The predicted molar refractivity (Wildman–Crippen MR) is 86.3 cm³/mol. The molecule has 2 aliphatic heterocycles. The van der Waals surface area contributed by atoms with Gasteiger partial charge >= 0.3 is 5.97 Å². The molecule has 2 saturated heterocycles. The second-order valence-corrected chi connectivity index (χ2v) is 7.00. The van der Waals surface area contributed by atoms with Gasteiger partial charge in [-0.2, -0.15) is 0 Å². The normalized spacial score (nSPS) is 31.2. The van der Waals surface area contributed by atoms with Crippen LogP contribution >= 0.6 is 15.9 Å². The highest BCUT2D eigenvalue weighted by atomic mass is 79.9. The van der Waals surface area contributed by atoms with Crippen LogP contribution in [0, 0.1) is 5.92 Å². The largest absolute Gasteiger partial charge is 0.469 e. The molecular formula is C17H22BrNO2. The number of hydrogen-bond acceptors (Lipinski definition) is 3. The smallest absolute Gasteiger partial charge is 0.310 e. The first-order valence-corrected chi connectivity index (χ1v) is 8.55. The molecule has 3 rings (SSSR count). The van der Waals surface area contributed by atoms with Crippen LogP contribution in [0.4, 0.5) is 0 Å². The zero-order valence-corrected chi connectivity index (χ0v) is 14.2. The molecule has 0 saturated carbocycles. The summed E-state index contributed by atoms with van der Waals surface area (Å²) in [7, 11) is 1.50. The van der Waals surface area contributed by atoms with Gasteiger partial charge in [0.15, 0.2) is 0 Å². The summed E-state index contributed by atoms with van der Waals surface area (Å²) in [6.07, 6.45) is 4.28. The summed E-state index contributed by atoms with van der Waals surface area (Å²) in [6, 6.07) is 7.38. The Labute approximate surface area is 134 Å². The van der Waals surface area contributed by atoms with Gasteiger partial charge in [0, 0.05) is 22.5 Å². The molecule has 2 heterocycles. The Morgan fingerprint density at radius 2 is 2.24 bits per heavy atom.